The van der Waals surface area contributed by atoms with Crippen LogP contribution in [0.2, 0.25) is 0 Å². The predicted molar refractivity (Wildman–Crippen MR) is 120 cm³/mol. The van der Waals surface area contributed by atoms with Gasteiger partial charge in [0.05, 0.1) is 85.0 Å². The monoisotopic (exact) mass is 472 g/mol. The van der Waals surface area contributed by atoms with Crippen LogP contribution >= 0.6 is 0 Å². The van der Waals surface area contributed by atoms with E-state index in [-0.39, 0.29) is 19.6 Å². The summed E-state index contributed by atoms with van der Waals surface area (Å²) in [6.45, 7) is 4.73. The summed E-state index contributed by atoms with van der Waals surface area (Å²) in [4.78, 5) is 8.50. The van der Waals surface area contributed by atoms with E-state index in [0.717, 1.165) is 5.57 Å². The summed E-state index contributed by atoms with van der Waals surface area (Å²) in [5, 5.41) is 9.20. The summed E-state index contributed by atoms with van der Waals surface area (Å²) >= 11 is 0. The highest BCUT2D eigenvalue weighted by Crippen LogP contribution is 2.34. The van der Waals surface area contributed by atoms with Crippen LogP contribution in [0, 0.1) is 0 Å². The molecule has 0 saturated carbocycles. The molecule has 1 aromatic heterocycles. The highest BCUT2D eigenvalue weighted by Gasteiger charge is 2.32. The van der Waals surface area contributed by atoms with Gasteiger partial charge in [0.25, 0.3) is 0 Å². The number of allylic oxidation sites excluding steroid dienone is 2. The number of aromatic nitrogens is 2. The SMILES string of the molecule is COCCOCCOCCOCCOCCOCC1(F)CC=C(c2nccc(CO)n2)CC1. The first-order chi connectivity index (χ1) is 16.2. The lowest BCUT2D eigenvalue weighted by atomic mass is 9.87. The Morgan fingerprint density at radius 3 is 2.00 bits per heavy atom. The number of alkyl halides is 1. The minimum atomic E-state index is -1.39. The molecule has 0 fully saturated rings. The van der Waals surface area contributed by atoms with E-state index in [9.17, 15) is 9.50 Å². The fourth-order valence-electron chi connectivity index (χ4n) is 3.12. The average molecular weight is 473 g/mol. The van der Waals surface area contributed by atoms with Crippen LogP contribution in [0.3, 0.4) is 0 Å². The molecule has 1 unspecified atom stereocenters. The van der Waals surface area contributed by atoms with E-state index in [1.165, 1.54) is 0 Å². The van der Waals surface area contributed by atoms with Crippen LogP contribution in [0.25, 0.3) is 5.57 Å². The van der Waals surface area contributed by atoms with Crippen LogP contribution in [-0.4, -0.2) is 101 Å². The number of halogens is 1. The van der Waals surface area contributed by atoms with E-state index in [1.54, 1.807) is 19.4 Å². The molecule has 0 aromatic carbocycles. The number of aliphatic hydroxyl groups excluding tert-OH is 1. The van der Waals surface area contributed by atoms with Crippen molar-refractivity contribution in [3.05, 3.63) is 29.9 Å². The van der Waals surface area contributed by atoms with Crippen molar-refractivity contribution >= 4 is 5.57 Å². The molecule has 1 aliphatic rings. The van der Waals surface area contributed by atoms with Crippen molar-refractivity contribution in [2.45, 2.75) is 31.5 Å². The van der Waals surface area contributed by atoms with E-state index in [2.05, 4.69) is 9.97 Å². The smallest absolute Gasteiger partial charge is 0.155 e. The molecule has 0 saturated heterocycles. The Morgan fingerprint density at radius 2 is 1.48 bits per heavy atom. The first-order valence-electron chi connectivity index (χ1n) is 11.4. The molecule has 0 radical (unpaired) electrons. The molecule has 10 heteroatoms. The molecule has 1 aromatic rings. The van der Waals surface area contributed by atoms with Gasteiger partial charge in [-0.25, -0.2) is 14.4 Å². The molecule has 1 heterocycles. The summed E-state index contributed by atoms with van der Waals surface area (Å²) in [5.74, 6) is 0.554. The Labute approximate surface area is 195 Å². The molecule has 1 aliphatic carbocycles. The van der Waals surface area contributed by atoms with Crippen LogP contribution in [0.15, 0.2) is 18.3 Å². The van der Waals surface area contributed by atoms with Gasteiger partial charge in [0.2, 0.25) is 0 Å². The number of aliphatic hydroxyl groups is 1. The number of hydrogen-bond acceptors (Lipinski definition) is 9. The van der Waals surface area contributed by atoms with E-state index >= 15 is 0 Å². The summed E-state index contributed by atoms with van der Waals surface area (Å²) < 4.78 is 46.8. The molecule has 1 N–H and O–H groups in total. The molecule has 0 spiro atoms. The Kier molecular flexibility index (Phi) is 14.3. The molecule has 0 amide bonds. The first-order valence-corrected chi connectivity index (χ1v) is 11.4. The lowest BCUT2D eigenvalue weighted by molar-refractivity contribution is -0.0310. The quantitative estimate of drug-likeness (QED) is 0.303. The van der Waals surface area contributed by atoms with Gasteiger partial charge in [-0.15, -0.1) is 0 Å². The number of rotatable bonds is 19. The normalized spacial score (nSPS) is 18.5. The van der Waals surface area contributed by atoms with Gasteiger partial charge in [0, 0.05) is 19.7 Å². The first kappa shape index (κ1) is 27.7. The average Bonchev–Trinajstić information content (AvgIpc) is 2.84. The maximum Gasteiger partial charge on any atom is 0.155 e. The molecule has 0 aliphatic heterocycles. The van der Waals surface area contributed by atoms with Gasteiger partial charge in [-0.05, 0) is 24.5 Å². The molecule has 1 atom stereocenters. The highest BCUT2D eigenvalue weighted by atomic mass is 19.1. The second-order valence-electron chi connectivity index (χ2n) is 7.61. The van der Waals surface area contributed by atoms with Crippen molar-refractivity contribution in [2.24, 2.45) is 0 Å². The Bertz CT molecular complexity index is 680. The Morgan fingerprint density at radius 1 is 0.909 bits per heavy atom. The third-order valence-corrected chi connectivity index (χ3v) is 5.00. The van der Waals surface area contributed by atoms with Gasteiger partial charge in [-0.3, -0.25) is 0 Å². The van der Waals surface area contributed by atoms with Crippen molar-refractivity contribution in [1.29, 1.82) is 0 Å². The van der Waals surface area contributed by atoms with E-state index in [0.29, 0.717) is 90.4 Å². The molecule has 9 nitrogen and oxygen atoms in total. The van der Waals surface area contributed by atoms with Crippen LogP contribution < -0.4 is 0 Å². The van der Waals surface area contributed by atoms with Crippen LogP contribution in [0.4, 0.5) is 4.39 Å². The van der Waals surface area contributed by atoms with Crippen molar-refractivity contribution in [3.63, 3.8) is 0 Å². The second-order valence-corrected chi connectivity index (χ2v) is 7.61. The summed E-state index contributed by atoms with van der Waals surface area (Å²) in [7, 11) is 1.63. The van der Waals surface area contributed by atoms with Crippen LogP contribution in [-0.2, 0) is 35.0 Å². The summed E-state index contributed by atoms with van der Waals surface area (Å²) in [5.41, 5.74) is 0.0676. The number of methoxy groups -OCH3 is 1. The van der Waals surface area contributed by atoms with Crippen molar-refractivity contribution in [1.82, 2.24) is 9.97 Å². The maximum atomic E-state index is 15.0. The topological polar surface area (TPSA) is 101 Å². The number of ether oxygens (including phenoxy) is 6. The molecule has 188 valence electrons. The zero-order valence-corrected chi connectivity index (χ0v) is 19.5. The minimum Gasteiger partial charge on any atom is -0.390 e. The fraction of sp³-hybridized carbons (Fsp3) is 0.739. The third kappa shape index (κ3) is 11.9. The van der Waals surface area contributed by atoms with Crippen LogP contribution in [0.5, 0.6) is 0 Å². The largest absolute Gasteiger partial charge is 0.390 e. The molecular formula is C23H37FN2O7. The van der Waals surface area contributed by atoms with Crippen molar-refractivity contribution in [2.75, 3.05) is 79.8 Å². The predicted octanol–water partition coefficient (Wildman–Crippen LogP) is 1.97. The lowest BCUT2D eigenvalue weighted by Crippen LogP contribution is -2.32. The zero-order valence-electron chi connectivity index (χ0n) is 19.5. The molecule has 0 bridgehead atoms. The number of hydrogen-bond donors (Lipinski definition) is 1. The standard InChI is InChI=1S/C23H37FN2O7/c1-28-8-9-29-10-11-30-12-13-31-14-15-32-16-17-33-19-23(24)5-2-20(3-6-23)22-25-7-4-21(18-27)26-22/h2,4,7,27H,3,5-6,8-19H2,1H3. The van der Waals surface area contributed by atoms with Gasteiger partial charge < -0.3 is 33.5 Å². The van der Waals surface area contributed by atoms with Gasteiger partial charge in [0.15, 0.2) is 5.82 Å². The van der Waals surface area contributed by atoms with E-state index < -0.39 is 5.67 Å². The van der Waals surface area contributed by atoms with E-state index in [4.69, 9.17) is 28.4 Å². The van der Waals surface area contributed by atoms with Crippen LogP contribution in [0.1, 0.15) is 30.8 Å². The van der Waals surface area contributed by atoms with Crippen molar-refractivity contribution in [3.8, 4) is 0 Å². The highest BCUT2D eigenvalue weighted by molar-refractivity contribution is 5.61. The molecule has 2 rings (SSSR count). The van der Waals surface area contributed by atoms with E-state index in [1.807, 2.05) is 6.08 Å². The van der Waals surface area contributed by atoms with Gasteiger partial charge in [0.1, 0.15) is 5.67 Å². The zero-order chi connectivity index (χ0) is 23.6. The number of nitrogens with zero attached hydrogens (tertiary/aromatic N) is 2. The Hall–Kier alpha value is -1.53. The van der Waals surface area contributed by atoms with Gasteiger partial charge in [-0.1, -0.05) is 6.08 Å². The summed E-state index contributed by atoms with van der Waals surface area (Å²) in [6, 6.07) is 1.66. The van der Waals surface area contributed by atoms with Crippen molar-refractivity contribution < 1.29 is 37.9 Å². The second kappa shape index (κ2) is 17.0. The Balaban J connectivity index is 1.43. The third-order valence-electron chi connectivity index (χ3n) is 5.00. The lowest BCUT2D eigenvalue weighted by Gasteiger charge is -2.28. The van der Waals surface area contributed by atoms with Gasteiger partial charge in [-0.2, -0.15) is 0 Å². The molecule has 33 heavy (non-hydrogen) atoms. The summed E-state index contributed by atoms with van der Waals surface area (Å²) in [6.07, 6.45) is 4.57. The molecular weight excluding hydrogens is 435 g/mol. The van der Waals surface area contributed by atoms with Gasteiger partial charge >= 0.3 is 0 Å². The fourth-order valence-corrected chi connectivity index (χ4v) is 3.12. The minimum absolute atomic E-state index is 0.0285. The maximum absolute atomic E-state index is 15.0.